The summed E-state index contributed by atoms with van der Waals surface area (Å²) in [7, 11) is 2.03. The molecule has 0 bridgehead atoms. The average molecular weight is 356 g/mol. The molecule has 0 atom stereocenters. The minimum atomic E-state index is -0.388. The third kappa shape index (κ3) is 3.48. The molecule has 1 N–H and O–H groups in total. The van der Waals surface area contributed by atoms with Crippen LogP contribution in [-0.2, 0) is 0 Å². The molecule has 6 heteroatoms. The highest BCUT2D eigenvalue weighted by atomic mass is 16.5. The number of rotatable bonds is 6. The van der Waals surface area contributed by atoms with E-state index in [0.29, 0.717) is 29.6 Å². The number of fused-ring (bicyclic) bond motifs is 2. The maximum atomic E-state index is 11.6. The third-order valence-electron chi connectivity index (χ3n) is 5.14. The van der Waals surface area contributed by atoms with E-state index >= 15 is 0 Å². The molecule has 1 saturated heterocycles. The largest absolute Gasteiger partial charge is 0.486 e. The van der Waals surface area contributed by atoms with Crippen molar-refractivity contribution in [3.05, 3.63) is 40.9 Å². The molecule has 138 valence electrons. The second kappa shape index (κ2) is 7.51. The monoisotopic (exact) mass is 356 g/mol. The Morgan fingerprint density at radius 3 is 2.81 bits per heavy atom. The predicted molar refractivity (Wildman–Crippen MR) is 101 cm³/mol. The second-order valence-electron chi connectivity index (χ2n) is 6.82. The molecule has 6 nitrogen and oxygen atoms in total. The van der Waals surface area contributed by atoms with Gasteiger partial charge in [-0.2, -0.15) is 0 Å². The SMILES string of the molecule is CNC1CCN(CCCOc2c3occc3cc3ccc(=O)oc23)CC1. The molecule has 1 aromatic carbocycles. The number of piperidine rings is 1. The van der Waals surface area contributed by atoms with Crippen molar-refractivity contribution in [3.63, 3.8) is 0 Å². The summed E-state index contributed by atoms with van der Waals surface area (Å²) in [5, 5.41) is 5.13. The van der Waals surface area contributed by atoms with Gasteiger partial charge in [-0.25, -0.2) is 4.79 Å². The second-order valence-corrected chi connectivity index (χ2v) is 6.82. The summed E-state index contributed by atoms with van der Waals surface area (Å²) in [6.07, 6.45) is 4.93. The Kier molecular flexibility index (Phi) is 4.95. The van der Waals surface area contributed by atoms with Crippen LogP contribution in [0.5, 0.6) is 5.75 Å². The summed E-state index contributed by atoms with van der Waals surface area (Å²) in [5.41, 5.74) is 0.692. The van der Waals surface area contributed by atoms with Crippen molar-refractivity contribution in [1.82, 2.24) is 10.2 Å². The van der Waals surface area contributed by atoms with Crippen molar-refractivity contribution in [2.45, 2.75) is 25.3 Å². The highest BCUT2D eigenvalue weighted by Crippen LogP contribution is 2.34. The Bertz CT molecular complexity index is 938. The van der Waals surface area contributed by atoms with Crippen LogP contribution in [0.2, 0.25) is 0 Å². The zero-order valence-electron chi connectivity index (χ0n) is 15.0. The zero-order valence-corrected chi connectivity index (χ0v) is 15.0. The molecule has 0 saturated carbocycles. The summed E-state index contributed by atoms with van der Waals surface area (Å²) >= 11 is 0. The van der Waals surface area contributed by atoms with E-state index in [1.165, 1.54) is 18.9 Å². The average Bonchev–Trinajstić information content (AvgIpc) is 3.13. The number of nitrogens with one attached hydrogen (secondary N) is 1. The molecular weight excluding hydrogens is 332 g/mol. The van der Waals surface area contributed by atoms with Gasteiger partial charge in [0, 0.05) is 29.4 Å². The fourth-order valence-corrected chi connectivity index (χ4v) is 3.64. The predicted octanol–water partition coefficient (Wildman–Crippen LogP) is 2.99. The van der Waals surface area contributed by atoms with Crippen LogP contribution >= 0.6 is 0 Å². The van der Waals surface area contributed by atoms with Crippen molar-refractivity contribution in [2.24, 2.45) is 0 Å². The van der Waals surface area contributed by atoms with E-state index in [4.69, 9.17) is 13.6 Å². The maximum Gasteiger partial charge on any atom is 0.336 e. The van der Waals surface area contributed by atoms with E-state index in [-0.39, 0.29) is 5.63 Å². The summed E-state index contributed by atoms with van der Waals surface area (Å²) < 4.78 is 17.0. The van der Waals surface area contributed by atoms with Gasteiger partial charge in [0.05, 0.1) is 12.9 Å². The van der Waals surface area contributed by atoms with E-state index in [0.717, 1.165) is 36.8 Å². The van der Waals surface area contributed by atoms with E-state index in [9.17, 15) is 4.79 Å². The zero-order chi connectivity index (χ0) is 17.9. The highest BCUT2D eigenvalue weighted by Gasteiger charge is 2.18. The number of benzene rings is 1. The topological polar surface area (TPSA) is 67.8 Å². The molecule has 1 fully saturated rings. The minimum Gasteiger partial charge on any atom is -0.486 e. The number of nitrogens with zero attached hydrogens (tertiary/aromatic N) is 1. The molecule has 0 aliphatic carbocycles. The highest BCUT2D eigenvalue weighted by molar-refractivity contribution is 5.99. The molecule has 0 amide bonds. The standard InChI is InChI=1S/C20H24N2O4/c1-21-16-5-9-22(10-6-16)8-2-11-24-20-18-15(7-12-25-18)13-14-3-4-17(23)26-19(14)20/h3-4,7,12-13,16,21H,2,5-6,8-11H2,1H3. The molecule has 0 spiro atoms. The summed E-state index contributed by atoms with van der Waals surface area (Å²) in [4.78, 5) is 14.1. The van der Waals surface area contributed by atoms with Gasteiger partial charge >= 0.3 is 5.63 Å². The van der Waals surface area contributed by atoms with Crippen molar-refractivity contribution in [1.29, 1.82) is 0 Å². The lowest BCUT2D eigenvalue weighted by molar-refractivity contribution is 0.185. The third-order valence-corrected chi connectivity index (χ3v) is 5.14. The van der Waals surface area contributed by atoms with Crippen molar-refractivity contribution in [2.75, 3.05) is 33.3 Å². The number of furan rings is 1. The van der Waals surface area contributed by atoms with Crippen LogP contribution in [0.15, 0.2) is 44.2 Å². The summed E-state index contributed by atoms with van der Waals surface area (Å²) in [6, 6.07) is 7.65. The number of hydrogen-bond acceptors (Lipinski definition) is 6. The minimum absolute atomic E-state index is 0.388. The fraction of sp³-hybridized carbons (Fsp3) is 0.450. The smallest absolute Gasteiger partial charge is 0.336 e. The van der Waals surface area contributed by atoms with E-state index < -0.39 is 0 Å². The normalized spacial score (nSPS) is 16.5. The first-order chi connectivity index (χ1) is 12.7. The fourth-order valence-electron chi connectivity index (χ4n) is 3.64. The molecule has 1 aliphatic rings. The molecule has 26 heavy (non-hydrogen) atoms. The molecule has 3 heterocycles. The first-order valence-electron chi connectivity index (χ1n) is 9.21. The Morgan fingerprint density at radius 1 is 1.19 bits per heavy atom. The Hall–Kier alpha value is -2.31. The van der Waals surface area contributed by atoms with Crippen LogP contribution in [0.3, 0.4) is 0 Å². The lowest BCUT2D eigenvalue weighted by Gasteiger charge is -2.31. The lowest BCUT2D eigenvalue weighted by atomic mass is 10.1. The van der Waals surface area contributed by atoms with Crippen LogP contribution in [0.4, 0.5) is 0 Å². The van der Waals surface area contributed by atoms with Gasteiger partial charge in [0.2, 0.25) is 5.75 Å². The first kappa shape index (κ1) is 17.1. The van der Waals surface area contributed by atoms with Gasteiger partial charge in [-0.15, -0.1) is 0 Å². The summed E-state index contributed by atoms with van der Waals surface area (Å²) in [5.74, 6) is 0.522. The first-order valence-corrected chi connectivity index (χ1v) is 9.21. The molecule has 3 aromatic rings. The van der Waals surface area contributed by atoms with E-state index in [1.807, 2.05) is 19.2 Å². The Balaban J connectivity index is 1.44. The molecule has 4 rings (SSSR count). The maximum absolute atomic E-state index is 11.6. The molecule has 2 aromatic heterocycles. The number of likely N-dealkylation sites (tertiary alicyclic amines) is 1. The molecular formula is C20H24N2O4. The van der Waals surface area contributed by atoms with Crippen LogP contribution in [-0.4, -0.2) is 44.2 Å². The van der Waals surface area contributed by atoms with Gasteiger partial charge in [-0.3, -0.25) is 0 Å². The number of hydrogen-bond donors (Lipinski definition) is 1. The molecule has 0 unspecified atom stereocenters. The van der Waals surface area contributed by atoms with Crippen molar-refractivity contribution in [3.8, 4) is 5.75 Å². The van der Waals surface area contributed by atoms with Crippen molar-refractivity contribution < 1.29 is 13.6 Å². The van der Waals surface area contributed by atoms with Gasteiger partial charge in [0.15, 0.2) is 11.2 Å². The Labute approximate surface area is 151 Å². The van der Waals surface area contributed by atoms with E-state index in [1.54, 1.807) is 12.3 Å². The van der Waals surface area contributed by atoms with Gasteiger partial charge in [-0.05, 0) is 57.6 Å². The quantitative estimate of drug-likeness (QED) is 0.541. The molecule has 0 radical (unpaired) electrons. The van der Waals surface area contributed by atoms with Crippen molar-refractivity contribution >= 4 is 21.9 Å². The van der Waals surface area contributed by atoms with Crippen LogP contribution in [0.1, 0.15) is 19.3 Å². The van der Waals surface area contributed by atoms with Gasteiger partial charge < -0.3 is 23.8 Å². The number of ether oxygens (including phenoxy) is 1. The summed E-state index contributed by atoms with van der Waals surface area (Å²) in [6.45, 7) is 3.81. The van der Waals surface area contributed by atoms with Crippen LogP contribution < -0.4 is 15.7 Å². The Morgan fingerprint density at radius 2 is 2.00 bits per heavy atom. The van der Waals surface area contributed by atoms with Gasteiger partial charge in [0.25, 0.3) is 0 Å². The van der Waals surface area contributed by atoms with Gasteiger partial charge in [0.1, 0.15) is 0 Å². The van der Waals surface area contributed by atoms with E-state index in [2.05, 4.69) is 10.2 Å². The van der Waals surface area contributed by atoms with Crippen LogP contribution in [0.25, 0.3) is 21.9 Å². The van der Waals surface area contributed by atoms with Crippen LogP contribution in [0, 0.1) is 0 Å². The van der Waals surface area contributed by atoms with Gasteiger partial charge in [-0.1, -0.05) is 0 Å². The molecule has 1 aliphatic heterocycles. The lowest BCUT2D eigenvalue weighted by Crippen LogP contribution is -2.41.